The molecule has 0 saturated heterocycles. The van der Waals surface area contributed by atoms with Crippen LogP contribution in [0.25, 0.3) is 22.2 Å². The Kier molecular flexibility index (Phi) is 4.08. The summed E-state index contributed by atoms with van der Waals surface area (Å²) in [6.07, 6.45) is 0. The molecule has 2 aromatic carbocycles. The number of rotatable bonds is 4. The molecule has 0 amide bonds. The fraction of sp³-hybridized carbons (Fsp3) is 0.200. The lowest BCUT2D eigenvalue weighted by Crippen LogP contribution is -2.15. The first-order valence-corrected chi connectivity index (χ1v) is 8.36. The van der Waals surface area contributed by atoms with Gasteiger partial charge in [0, 0.05) is 17.0 Å². The van der Waals surface area contributed by atoms with Crippen molar-refractivity contribution in [1.29, 1.82) is 0 Å². The van der Waals surface area contributed by atoms with Gasteiger partial charge in [-0.25, -0.2) is 9.78 Å². The summed E-state index contributed by atoms with van der Waals surface area (Å²) in [5.41, 5.74) is 2.12. The van der Waals surface area contributed by atoms with E-state index < -0.39 is 5.97 Å². The lowest BCUT2D eigenvalue weighted by molar-refractivity contribution is 0.0699. The van der Waals surface area contributed by atoms with Crippen molar-refractivity contribution < 1.29 is 24.1 Å². The molecule has 0 bridgehead atoms. The topological polar surface area (TPSA) is 77.9 Å². The number of carbonyl (C=O) groups is 1. The zero-order valence-corrected chi connectivity index (χ0v) is 14.2. The number of carboxylic acid groups (broad SMARTS) is 1. The number of ether oxygens (including phenoxy) is 3. The van der Waals surface area contributed by atoms with Crippen LogP contribution in [0.4, 0.5) is 0 Å². The van der Waals surface area contributed by atoms with Crippen molar-refractivity contribution in [2.75, 3.05) is 19.8 Å². The quantitative estimate of drug-likeness (QED) is 0.771. The van der Waals surface area contributed by atoms with E-state index >= 15 is 0 Å². The number of aromatic nitrogens is 1. The fourth-order valence-corrected chi connectivity index (χ4v) is 2.98. The summed E-state index contributed by atoms with van der Waals surface area (Å²) in [6, 6.07) is 12.4. The van der Waals surface area contributed by atoms with Crippen molar-refractivity contribution in [2.24, 2.45) is 0 Å². The van der Waals surface area contributed by atoms with E-state index in [1.807, 2.05) is 31.2 Å². The van der Waals surface area contributed by atoms with Gasteiger partial charge in [0.05, 0.1) is 23.4 Å². The van der Waals surface area contributed by atoms with E-state index in [1.165, 1.54) is 0 Å². The summed E-state index contributed by atoms with van der Waals surface area (Å²) in [5.74, 6) is 0.870. The summed E-state index contributed by atoms with van der Waals surface area (Å²) in [4.78, 5) is 16.4. The maximum absolute atomic E-state index is 11.8. The molecule has 1 aromatic heterocycles. The first-order valence-electron chi connectivity index (χ1n) is 8.36. The van der Waals surface area contributed by atoms with Gasteiger partial charge in [-0.15, -0.1) is 0 Å². The van der Waals surface area contributed by atoms with Crippen LogP contribution in [0.2, 0.25) is 0 Å². The van der Waals surface area contributed by atoms with E-state index in [2.05, 4.69) is 4.98 Å². The third kappa shape index (κ3) is 2.90. The van der Waals surface area contributed by atoms with Crippen LogP contribution in [0, 0.1) is 0 Å². The third-order valence-electron chi connectivity index (χ3n) is 4.16. The van der Waals surface area contributed by atoms with Gasteiger partial charge in [-0.1, -0.05) is 0 Å². The van der Waals surface area contributed by atoms with Gasteiger partial charge in [0.1, 0.15) is 19.0 Å². The van der Waals surface area contributed by atoms with Gasteiger partial charge in [-0.3, -0.25) is 0 Å². The number of aromatic carboxylic acids is 1. The van der Waals surface area contributed by atoms with Crippen LogP contribution in [0.15, 0.2) is 42.5 Å². The lowest BCUT2D eigenvalue weighted by Gasteiger charge is -2.19. The predicted molar refractivity (Wildman–Crippen MR) is 96.3 cm³/mol. The van der Waals surface area contributed by atoms with Crippen molar-refractivity contribution in [3.8, 4) is 28.5 Å². The maximum atomic E-state index is 11.8. The summed E-state index contributed by atoms with van der Waals surface area (Å²) in [7, 11) is 0. The minimum Gasteiger partial charge on any atom is -0.494 e. The monoisotopic (exact) mass is 351 g/mol. The molecule has 0 atom stereocenters. The minimum atomic E-state index is -1.01. The van der Waals surface area contributed by atoms with Crippen LogP contribution in [0.3, 0.4) is 0 Å². The Bertz CT molecular complexity index is 982. The summed E-state index contributed by atoms with van der Waals surface area (Å²) in [6.45, 7) is 3.41. The molecule has 0 unspecified atom stereocenters. The van der Waals surface area contributed by atoms with Crippen LogP contribution in [-0.2, 0) is 0 Å². The van der Waals surface area contributed by atoms with Gasteiger partial charge in [0.2, 0.25) is 0 Å². The number of carboxylic acids is 1. The van der Waals surface area contributed by atoms with Gasteiger partial charge in [0.15, 0.2) is 11.5 Å². The Morgan fingerprint density at radius 2 is 1.81 bits per heavy atom. The van der Waals surface area contributed by atoms with Gasteiger partial charge < -0.3 is 19.3 Å². The largest absolute Gasteiger partial charge is 0.494 e. The van der Waals surface area contributed by atoms with E-state index in [-0.39, 0.29) is 5.56 Å². The number of pyridine rings is 1. The molecule has 6 heteroatoms. The lowest BCUT2D eigenvalue weighted by atomic mass is 10.0. The van der Waals surface area contributed by atoms with Crippen LogP contribution in [0.5, 0.6) is 17.2 Å². The molecule has 132 valence electrons. The molecule has 0 radical (unpaired) electrons. The minimum absolute atomic E-state index is 0.177. The van der Waals surface area contributed by atoms with E-state index in [9.17, 15) is 9.90 Å². The first-order chi connectivity index (χ1) is 12.7. The second-order valence-corrected chi connectivity index (χ2v) is 5.83. The van der Waals surface area contributed by atoms with Gasteiger partial charge >= 0.3 is 5.97 Å². The number of benzene rings is 2. The van der Waals surface area contributed by atoms with Gasteiger partial charge in [0.25, 0.3) is 0 Å². The molecule has 0 fully saturated rings. The summed E-state index contributed by atoms with van der Waals surface area (Å²) < 4.78 is 16.6. The average molecular weight is 351 g/mol. The highest BCUT2D eigenvalue weighted by Crippen LogP contribution is 2.36. The Morgan fingerprint density at radius 1 is 1.12 bits per heavy atom. The Morgan fingerprint density at radius 3 is 2.46 bits per heavy atom. The van der Waals surface area contributed by atoms with E-state index in [4.69, 9.17) is 14.2 Å². The molecule has 4 rings (SSSR count). The van der Waals surface area contributed by atoms with E-state index in [0.717, 1.165) is 11.3 Å². The second kappa shape index (κ2) is 6.55. The molecular formula is C20H17NO5. The Balaban J connectivity index is 1.86. The molecule has 0 aliphatic carbocycles. The summed E-state index contributed by atoms with van der Waals surface area (Å²) in [5, 5.41) is 10.2. The second-order valence-electron chi connectivity index (χ2n) is 5.83. The third-order valence-corrected chi connectivity index (χ3v) is 4.16. The van der Waals surface area contributed by atoms with Crippen LogP contribution in [-0.4, -0.2) is 35.9 Å². The normalized spacial score (nSPS) is 12.8. The molecule has 0 spiro atoms. The zero-order chi connectivity index (χ0) is 18.1. The standard InChI is InChI=1S/C20H17NO5/c1-2-24-13-5-3-12(4-6-13)16-9-15(20(22)23)14-10-18-19(11-17(14)21-16)26-8-7-25-18/h3-6,9-11H,2,7-8H2,1H3,(H,22,23). The van der Waals surface area contributed by atoms with E-state index in [0.29, 0.717) is 47.9 Å². The molecule has 1 aliphatic rings. The predicted octanol–water partition coefficient (Wildman–Crippen LogP) is 3.77. The Hall–Kier alpha value is -3.28. The fourth-order valence-electron chi connectivity index (χ4n) is 2.98. The molecule has 3 aromatic rings. The molecule has 2 heterocycles. The molecule has 1 aliphatic heterocycles. The highest BCUT2D eigenvalue weighted by molar-refractivity contribution is 6.04. The Labute approximate surface area is 150 Å². The van der Waals surface area contributed by atoms with Crippen LogP contribution >= 0.6 is 0 Å². The highest BCUT2D eigenvalue weighted by Gasteiger charge is 2.19. The first kappa shape index (κ1) is 16.2. The van der Waals surface area contributed by atoms with Gasteiger partial charge in [-0.2, -0.15) is 0 Å². The number of hydrogen-bond donors (Lipinski definition) is 1. The number of hydrogen-bond acceptors (Lipinski definition) is 5. The molecule has 0 saturated carbocycles. The van der Waals surface area contributed by atoms with Crippen LogP contribution < -0.4 is 14.2 Å². The molecule has 1 N–H and O–H groups in total. The molecule has 26 heavy (non-hydrogen) atoms. The molecule has 6 nitrogen and oxygen atoms in total. The van der Waals surface area contributed by atoms with Crippen molar-refractivity contribution in [2.45, 2.75) is 6.92 Å². The van der Waals surface area contributed by atoms with Crippen molar-refractivity contribution in [1.82, 2.24) is 4.98 Å². The van der Waals surface area contributed by atoms with E-state index in [1.54, 1.807) is 18.2 Å². The highest BCUT2D eigenvalue weighted by atomic mass is 16.6. The summed E-state index contributed by atoms with van der Waals surface area (Å²) >= 11 is 0. The SMILES string of the molecule is CCOc1ccc(-c2cc(C(=O)O)c3cc4c(cc3n2)OCCO4)cc1. The number of nitrogens with zero attached hydrogens (tertiary/aromatic N) is 1. The zero-order valence-electron chi connectivity index (χ0n) is 14.2. The maximum Gasteiger partial charge on any atom is 0.336 e. The van der Waals surface area contributed by atoms with Crippen molar-refractivity contribution >= 4 is 16.9 Å². The van der Waals surface area contributed by atoms with Crippen LogP contribution in [0.1, 0.15) is 17.3 Å². The smallest absolute Gasteiger partial charge is 0.336 e. The van der Waals surface area contributed by atoms with Gasteiger partial charge in [-0.05, 0) is 43.3 Å². The molecular weight excluding hydrogens is 334 g/mol. The van der Waals surface area contributed by atoms with Crippen molar-refractivity contribution in [3.63, 3.8) is 0 Å². The number of fused-ring (bicyclic) bond motifs is 2. The average Bonchev–Trinajstić information content (AvgIpc) is 2.66. The van der Waals surface area contributed by atoms with Crippen molar-refractivity contribution in [3.05, 3.63) is 48.0 Å².